The van der Waals surface area contributed by atoms with Crippen LogP contribution in [0.1, 0.15) is 43.5 Å². The van der Waals surface area contributed by atoms with Crippen LogP contribution in [0.3, 0.4) is 0 Å². The van der Waals surface area contributed by atoms with Crippen LogP contribution in [0.15, 0.2) is 24.3 Å². The molecular formula is C17H24ClNO2. The van der Waals surface area contributed by atoms with Gasteiger partial charge in [0.2, 0.25) is 0 Å². The predicted octanol–water partition coefficient (Wildman–Crippen LogP) is 3.95. The third-order valence-electron chi connectivity index (χ3n) is 4.17. The van der Waals surface area contributed by atoms with Crippen LogP contribution >= 0.6 is 11.6 Å². The fourth-order valence-corrected chi connectivity index (χ4v) is 3.16. The molecule has 0 aromatic heterocycles. The van der Waals surface area contributed by atoms with Crippen LogP contribution in [0.25, 0.3) is 0 Å². The van der Waals surface area contributed by atoms with Gasteiger partial charge in [-0.25, -0.2) is 0 Å². The van der Waals surface area contributed by atoms with E-state index in [1.54, 1.807) is 0 Å². The summed E-state index contributed by atoms with van der Waals surface area (Å²) >= 11 is 6.01. The van der Waals surface area contributed by atoms with Crippen LogP contribution in [-0.4, -0.2) is 35.9 Å². The lowest BCUT2D eigenvalue weighted by molar-refractivity contribution is 0.0737. The van der Waals surface area contributed by atoms with Gasteiger partial charge in [-0.1, -0.05) is 20.3 Å². The normalized spacial score (nSPS) is 21.6. The summed E-state index contributed by atoms with van der Waals surface area (Å²) in [5.41, 5.74) is 0.710. The minimum absolute atomic E-state index is 0.0742. The molecule has 1 aliphatic rings. The number of halogens is 1. The van der Waals surface area contributed by atoms with Gasteiger partial charge >= 0.3 is 0 Å². The summed E-state index contributed by atoms with van der Waals surface area (Å²) in [6, 6.07) is 7.59. The molecule has 1 aromatic rings. The fraction of sp³-hybridized carbons (Fsp3) is 0.588. The number of hydrogen-bond donors (Lipinski definition) is 0. The van der Waals surface area contributed by atoms with E-state index in [9.17, 15) is 4.79 Å². The average Bonchev–Trinajstić information content (AvgIpc) is 2.88. The summed E-state index contributed by atoms with van der Waals surface area (Å²) in [5, 5.41) is 0. The Morgan fingerprint density at radius 3 is 2.71 bits per heavy atom. The number of nitrogens with zero attached hydrogens (tertiary/aromatic N) is 1. The highest BCUT2D eigenvalue weighted by molar-refractivity contribution is 6.18. The fourth-order valence-electron chi connectivity index (χ4n) is 2.69. The highest BCUT2D eigenvalue weighted by Crippen LogP contribution is 2.27. The molecule has 116 valence electrons. The van der Waals surface area contributed by atoms with Crippen molar-refractivity contribution in [1.82, 2.24) is 4.90 Å². The summed E-state index contributed by atoms with van der Waals surface area (Å²) in [6.07, 6.45) is 3.19. The number of alkyl halides is 1. The molecule has 2 rings (SSSR count). The van der Waals surface area contributed by atoms with E-state index in [1.165, 1.54) is 0 Å². The summed E-state index contributed by atoms with van der Waals surface area (Å²) in [6.45, 7) is 5.81. The van der Waals surface area contributed by atoms with Gasteiger partial charge in [0.1, 0.15) is 5.75 Å². The molecular weight excluding hydrogens is 286 g/mol. The van der Waals surface area contributed by atoms with Crippen molar-refractivity contribution in [2.75, 3.05) is 19.0 Å². The van der Waals surface area contributed by atoms with Crippen molar-refractivity contribution in [2.45, 2.75) is 39.2 Å². The zero-order chi connectivity index (χ0) is 15.2. The first-order chi connectivity index (χ1) is 10.2. The monoisotopic (exact) mass is 309 g/mol. The lowest BCUT2D eigenvalue weighted by atomic mass is 10.0. The number of carbonyl (C=O) groups excluding carboxylic acids is 1. The third-order valence-corrected chi connectivity index (χ3v) is 4.49. The molecule has 1 aliphatic heterocycles. The number of amides is 1. The van der Waals surface area contributed by atoms with E-state index in [0.717, 1.165) is 38.2 Å². The Balaban J connectivity index is 1.99. The summed E-state index contributed by atoms with van der Waals surface area (Å²) in [5.74, 6) is 1.88. The molecule has 21 heavy (non-hydrogen) atoms. The first kappa shape index (κ1) is 16.2. The van der Waals surface area contributed by atoms with E-state index >= 15 is 0 Å². The number of benzene rings is 1. The molecule has 4 heteroatoms. The van der Waals surface area contributed by atoms with Gasteiger partial charge in [0, 0.05) is 24.0 Å². The topological polar surface area (TPSA) is 29.5 Å². The average molecular weight is 310 g/mol. The number of likely N-dealkylation sites (tertiary alicyclic amines) is 1. The van der Waals surface area contributed by atoms with Gasteiger partial charge < -0.3 is 9.64 Å². The quantitative estimate of drug-likeness (QED) is 0.588. The molecule has 1 amide bonds. The van der Waals surface area contributed by atoms with Crippen LogP contribution in [0.4, 0.5) is 0 Å². The largest absolute Gasteiger partial charge is 0.494 e. The molecule has 0 N–H and O–H groups in total. The smallest absolute Gasteiger partial charge is 0.254 e. The number of carbonyl (C=O) groups is 1. The molecule has 0 radical (unpaired) electrons. The maximum atomic E-state index is 12.6. The molecule has 1 saturated heterocycles. The van der Waals surface area contributed by atoms with Gasteiger partial charge in [0.05, 0.1) is 6.61 Å². The second-order valence-corrected chi connectivity index (χ2v) is 6.02. The Morgan fingerprint density at radius 1 is 1.38 bits per heavy atom. The molecule has 0 aliphatic carbocycles. The van der Waals surface area contributed by atoms with Gasteiger partial charge in [-0.2, -0.15) is 0 Å². The highest BCUT2D eigenvalue weighted by atomic mass is 35.5. The van der Waals surface area contributed by atoms with E-state index in [4.69, 9.17) is 16.3 Å². The second kappa shape index (κ2) is 7.69. The van der Waals surface area contributed by atoms with Crippen molar-refractivity contribution in [3.63, 3.8) is 0 Å². The lowest BCUT2D eigenvalue weighted by Crippen LogP contribution is -2.38. The summed E-state index contributed by atoms with van der Waals surface area (Å²) < 4.78 is 5.62. The predicted molar refractivity (Wildman–Crippen MR) is 86.2 cm³/mol. The van der Waals surface area contributed by atoms with Crippen LogP contribution < -0.4 is 4.74 Å². The van der Waals surface area contributed by atoms with E-state index in [0.29, 0.717) is 17.4 Å². The Bertz CT molecular complexity index is 460. The molecule has 1 heterocycles. The Hall–Kier alpha value is -1.22. The van der Waals surface area contributed by atoms with Crippen LogP contribution in [-0.2, 0) is 0 Å². The van der Waals surface area contributed by atoms with Gasteiger partial charge in [-0.05, 0) is 43.0 Å². The zero-order valence-corrected chi connectivity index (χ0v) is 13.6. The van der Waals surface area contributed by atoms with Crippen LogP contribution in [0.5, 0.6) is 5.75 Å². The minimum atomic E-state index is 0.0742. The van der Waals surface area contributed by atoms with Crippen molar-refractivity contribution < 1.29 is 9.53 Å². The number of rotatable bonds is 6. The highest BCUT2D eigenvalue weighted by Gasteiger charge is 2.34. The molecule has 1 fully saturated rings. The van der Waals surface area contributed by atoms with Crippen molar-refractivity contribution >= 4 is 17.5 Å². The minimum Gasteiger partial charge on any atom is -0.494 e. The van der Waals surface area contributed by atoms with E-state index in [1.807, 2.05) is 29.2 Å². The Kier molecular flexibility index (Phi) is 5.92. The molecule has 2 atom stereocenters. The SMILES string of the molecule is CCCCOc1ccc(C(=O)N2CCC(C)C2CCl)cc1. The van der Waals surface area contributed by atoms with Crippen LogP contribution in [0, 0.1) is 5.92 Å². The molecule has 2 unspecified atom stereocenters. The lowest BCUT2D eigenvalue weighted by Gasteiger charge is -2.25. The first-order valence-electron chi connectivity index (χ1n) is 7.77. The Morgan fingerprint density at radius 2 is 2.10 bits per heavy atom. The maximum absolute atomic E-state index is 12.6. The standard InChI is InChI=1S/C17H24ClNO2/c1-3-4-11-21-15-7-5-14(6-8-15)17(20)19-10-9-13(2)16(19)12-18/h5-8,13,16H,3-4,9-12H2,1-2H3. The van der Waals surface area contributed by atoms with Gasteiger partial charge in [-0.3, -0.25) is 4.79 Å². The van der Waals surface area contributed by atoms with Crippen LogP contribution in [0.2, 0.25) is 0 Å². The number of hydrogen-bond acceptors (Lipinski definition) is 2. The van der Waals surface area contributed by atoms with E-state index in [-0.39, 0.29) is 11.9 Å². The van der Waals surface area contributed by atoms with Gasteiger partial charge in [-0.15, -0.1) is 11.6 Å². The molecule has 3 nitrogen and oxygen atoms in total. The van der Waals surface area contributed by atoms with E-state index < -0.39 is 0 Å². The first-order valence-corrected chi connectivity index (χ1v) is 8.30. The van der Waals surface area contributed by atoms with Crippen molar-refractivity contribution in [3.8, 4) is 5.75 Å². The number of ether oxygens (including phenoxy) is 1. The Labute approximate surface area is 132 Å². The van der Waals surface area contributed by atoms with Gasteiger partial charge in [0.25, 0.3) is 5.91 Å². The summed E-state index contributed by atoms with van der Waals surface area (Å²) in [4.78, 5) is 14.5. The van der Waals surface area contributed by atoms with E-state index in [2.05, 4.69) is 13.8 Å². The zero-order valence-electron chi connectivity index (χ0n) is 12.8. The van der Waals surface area contributed by atoms with Crippen molar-refractivity contribution in [3.05, 3.63) is 29.8 Å². The molecule has 0 saturated carbocycles. The second-order valence-electron chi connectivity index (χ2n) is 5.71. The van der Waals surface area contributed by atoms with Gasteiger partial charge in [0.15, 0.2) is 0 Å². The molecule has 0 bridgehead atoms. The van der Waals surface area contributed by atoms with Crippen molar-refractivity contribution in [1.29, 1.82) is 0 Å². The molecule has 0 spiro atoms. The van der Waals surface area contributed by atoms with Crippen molar-refractivity contribution in [2.24, 2.45) is 5.92 Å². The maximum Gasteiger partial charge on any atom is 0.254 e. The number of unbranched alkanes of at least 4 members (excludes halogenated alkanes) is 1. The summed E-state index contributed by atoms with van der Waals surface area (Å²) in [7, 11) is 0. The third kappa shape index (κ3) is 3.91. The molecule has 1 aromatic carbocycles.